The van der Waals surface area contributed by atoms with E-state index in [0.717, 1.165) is 12.1 Å². The van der Waals surface area contributed by atoms with Crippen LogP contribution in [0.4, 0.5) is 11.4 Å². The Morgan fingerprint density at radius 1 is 1.18 bits per heavy atom. The quantitative estimate of drug-likeness (QED) is 0.815. The fraction of sp³-hybridized carbons (Fsp3) is 0.391. The summed E-state index contributed by atoms with van der Waals surface area (Å²) in [6.07, 6.45) is 0.910. The molecule has 5 nitrogen and oxygen atoms in total. The van der Waals surface area contributed by atoms with Crippen LogP contribution in [0, 0.1) is 11.3 Å². The second kappa shape index (κ2) is 8.05. The molecule has 0 radical (unpaired) electrons. The highest BCUT2D eigenvalue weighted by Gasteiger charge is 2.37. The van der Waals surface area contributed by atoms with E-state index in [1.807, 2.05) is 49.1 Å². The molecule has 0 bridgehead atoms. The van der Waals surface area contributed by atoms with Crippen molar-refractivity contribution in [1.82, 2.24) is 0 Å². The number of hydrogen-bond donors (Lipinski definition) is 1. The molecule has 0 aliphatic carbocycles. The summed E-state index contributed by atoms with van der Waals surface area (Å²) in [6.45, 7) is 9.04. The van der Waals surface area contributed by atoms with Crippen molar-refractivity contribution in [2.45, 2.75) is 34.1 Å². The minimum Gasteiger partial charge on any atom is -0.490 e. The Bertz CT molecular complexity index is 859. The molecule has 0 unspecified atom stereocenters. The van der Waals surface area contributed by atoms with Gasteiger partial charge in [-0.05, 0) is 50.5 Å². The Balaban J connectivity index is 1.88. The van der Waals surface area contributed by atoms with Crippen molar-refractivity contribution < 1.29 is 14.3 Å². The molecule has 0 spiro atoms. The summed E-state index contributed by atoms with van der Waals surface area (Å²) in [7, 11) is 0. The van der Waals surface area contributed by atoms with Gasteiger partial charge in [0.2, 0.25) is 5.91 Å². The van der Waals surface area contributed by atoms with Gasteiger partial charge in [-0.2, -0.15) is 0 Å². The van der Waals surface area contributed by atoms with Gasteiger partial charge in [0.05, 0.1) is 11.1 Å². The molecule has 0 fully saturated rings. The minimum atomic E-state index is -0.608. The van der Waals surface area contributed by atoms with Gasteiger partial charge in [0.15, 0.2) is 0 Å². The SMILES string of the molecule is CC(C)CCN1C(=O)C(C)(C)COc2cc(NC(=O)c3ccccc3)ccc21. The molecular formula is C23H28N2O3. The lowest BCUT2D eigenvalue weighted by atomic mass is 9.92. The third kappa shape index (κ3) is 4.35. The second-order valence-corrected chi connectivity index (χ2v) is 8.31. The maximum absolute atomic E-state index is 13.1. The molecule has 28 heavy (non-hydrogen) atoms. The summed E-state index contributed by atoms with van der Waals surface area (Å²) in [5.41, 5.74) is 1.38. The molecule has 0 saturated carbocycles. The molecule has 1 aliphatic heterocycles. The number of fused-ring (bicyclic) bond motifs is 1. The Hall–Kier alpha value is -2.82. The molecule has 3 rings (SSSR count). The maximum atomic E-state index is 13.1. The van der Waals surface area contributed by atoms with Crippen LogP contribution >= 0.6 is 0 Å². The third-order valence-electron chi connectivity index (χ3n) is 4.89. The topological polar surface area (TPSA) is 58.6 Å². The van der Waals surface area contributed by atoms with Crippen LogP contribution in [0.25, 0.3) is 0 Å². The van der Waals surface area contributed by atoms with Crippen molar-refractivity contribution in [3.8, 4) is 5.75 Å². The standard InChI is InChI=1S/C23H28N2O3/c1-16(2)12-13-25-19-11-10-18(24-21(26)17-8-6-5-7-9-17)14-20(19)28-15-23(3,4)22(25)27/h5-11,14,16H,12-13,15H2,1-4H3,(H,24,26). The van der Waals surface area contributed by atoms with E-state index < -0.39 is 5.41 Å². The molecule has 1 N–H and O–H groups in total. The van der Waals surface area contributed by atoms with Crippen LogP contribution in [-0.2, 0) is 4.79 Å². The molecule has 1 heterocycles. The first-order valence-corrected chi connectivity index (χ1v) is 9.73. The van der Waals surface area contributed by atoms with Crippen LogP contribution in [0.3, 0.4) is 0 Å². The van der Waals surface area contributed by atoms with Crippen molar-refractivity contribution in [1.29, 1.82) is 0 Å². The molecule has 148 valence electrons. The smallest absolute Gasteiger partial charge is 0.255 e. The zero-order chi connectivity index (χ0) is 20.3. The maximum Gasteiger partial charge on any atom is 0.255 e. The van der Waals surface area contributed by atoms with Gasteiger partial charge >= 0.3 is 0 Å². The molecule has 5 heteroatoms. The molecule has 0 atom stereocenters. The van der Waals surface area contributed by atoms with E-state index in [1.54, 1.807) is 18.2 Å². The predicted octanol–water partition coefficient (Wildman–Crippen LogP) is 4.74. The van der Waals surface area contributed by atoms with E-state index in [9.17, 15) is 9.59 Å². The van der Waals surface area contributed by atoms with E-state index in [2.05, 4.69) is 19.2 Å². The van der Waals surface area contributed by atoms with Gasteiger partial charge < -0.3 is 15.0 Å². The number of nitrogens with zero attached hydrogens (tertiary/aromatic N) is 1. The monoisotopic (exact) mass is 380 g/mol. The number of benzene rings is 2. The first-order valence-electron chi connectivity index (χ1n) is 9.73. The fourth-order valence-electron chi connectivity index (χ4n) is 3.13. The third-order valence-corrected chi connectivity index (χ3v) is 4.89. The van der Waals surface area contributed by atoms with Crippen LogP contribution in [0.1, 0.15) is 44.5 Å². The van der Waals surface area contributed by atoms with Gasteiger partial charge in [0, 0.05) is 23.9 Å². The van der Waals surface area contributed by atoms with E-state index >= 15 is 0 Å². The largest absolute Gasteiger partial charge is 0.490 e. The Morgan fingerprint density at radius 3 is 2.57 bits per heavy atom. The highest BCUT2D eigenvalue weighted by atomic mass is 16.5. The number of ether oxygens (including phenoxy) is 1. The van der Waals surface area contributed by atoms with Gasteiger partial charge in [0.1, 0.15) is 12.4 Å². The Morgan fingerprint density at radius 2 is 1.89 bits per heavy atom. The summed E-state index contributed by atoms with van der Waals surface area (Å²) in [6, 6.07) is 14.5. The summed E-state index contributed by atoms with van der Waals surface area (Å²) in [5, 5.41) is 2.90. The average Bonchev–Trinajstić information content (AvgIpc) is 2.76. The number of carbonyl (C=O) groups excluding carboxylic acids is 2. The number of carbonyl (C=O) groups is 2. The van der Waals surface area contributed by atoms with Crippen LogP contribution in [0.15, 0.2) is 48.5 Å². The summed E-state index contributed by atoms with van der Waals surface area (Å²) in [4.78, 5) is 27.3. The van der Waals surface area contributed by atoms with Gasteiger partial charge in [0.25, 0.3) is 5.91 Å². The first kappa shape index (κ1) is 19.9. The van der Waals surface area contributed by atoms with Crippen molar-refractivity contribution >= 4 is 23.2 Å². The fourth-order valence-corrected chi connectivity index (χ4v) is 3.13. The van der Waals surface area contributed by atoms with Crippen LogP contribution < -0.4 is 15.0 Å². The van der Waals surface area contributed by atoms with Crippen molar-refractivity contribution in [3.05, 3.63) is 54.1 Å². The van der Waals surface area contributed by atoms with Gasteiger partial charge in [-0.1, -0.05) is 32.0 Å². The molecular weight excluding hydrogens is 352 g/mol. The van der Waals surface area contributed by atoms with E-state index in [-0.39, 0.29) is 11.8 Å². The summed E-state index contributed by atoms with van der Waals surface area (Å²) < 4.78 is 5.99. The van der Waals surface area contributed by atoms with E-state index in [4.69, 9.17) is 4.74 Å². The molecule has 1 aliphatic rings. The summed E-state index contributed by atoms with van der Waals surface area (Å²) in [5.74, 6) is 0.997. The van der Waals surface area contributed by atoms with E-state index in [0.29, 0.717) is 36.1 Å². The molecule has 0 aromatic heterocycles. The van der Waals surface area contributed by atoms with Crippen LogP contribution in [0.2, 0.25) is 0 Å². The average molecular weight is 380 g/mol. The molecule has 2 aromatic rings. The highest BCUT2D eigenvalue weighted by molar-refractivity contribution is 6.05. The zero-order valence-electron chi connectivity index (χ0n) is 17.0. The highest BCUT2D eigenvalue weighted by Crippen LogP contribution is 2.38. The van der Waals surface area contributed by atoms with Gasteiger partial charge in [-0.15, -0.1) is 0 Å². The first-order chi connectivity index (χ1) is 13.3. The van der Waals surface area contributed by atoms with Crippen molar-refractivity contribution in [3.63, 3.8) is 0 Å². The van der Waals surface area contributed by atoms with Crippen LogP contribution in [-0.4, -0.2) is 25.0 Å². The Labute approximate surface area is 166 Å². The number of rotatable bonds is 5. The van der Waals surface area contributed by atoms with Gasteiger partial charge in [-0.3, -0.25) is 9.59 Å². The normalized spacial score (nSPS) is 15.6. The lowest BCUT2D eigenvalue weighted by Crippen LogP contribution is -2.42. The number of nitrogens with one attached hydrogen (secondary N) is 1. The lowest BCUT2D eigenvalue weighted by molar-refractivity contribution is -0.127. The van der Waals surface area contributed by atoms with Crippen LogP contribution in [0.5, 0.6) is 5.75 Å². The zero-order valence-corrected chi connectivity index (χ0v) is 17.0. The molecule has 2 aromatic carbocycles. The molecule has 0 saturated heterocycles. The lowest BCUT2D eigenvalue weighted by Gasteiger charge is -2.28. The van der Waals surface area contributed by atoms with E-state index in [1.165, 1.54) is 0 Å². The predicted molar refractivity (Wildman–Crippen MR) is 112 cm³/mol. The summed E-state index contributed by atoms with van der Waals surface area (Å²) >= 11 is 0. The van der Waals surface area contributed by atoms with Gasteiger partial charge in [-0.25, -0.2) is 0 Å². The molecule has 2 amide bonds. The number of hydrogen-bond acceptors (Lipinski definition) is 3. The van der Waals surface area contributed by atoms with Crippen molar-refractivity contribution in [2.75, 3.05) is 23.4 Å². The number of anilines is 2. The number of amides is 2. The van der Waals surface area contributed by atoms with Crippen molar-refractivity contribution in [2.24, 2.45) is 11.3 Å². The Kier molecular flexibility index (Phi) is 5.73. The second-order valence-electron chi connectivity index (χ2n) is 8.31. The minimum absolute atomic E-state index is 0.0629.